The minimum absolute atomic E-state index is 0.0480. The van der Waals surface area contributed by atoms with Crippen LogP contribution in [-0.2, 0) is 10.0 Å². The number of rotatable bonds is 5. The highest BCUT2D eigenvalue weighted by molar-refractivity contribution is 7.89. The molecule has 0 amide bonds. The summed E-state index contributed by atoms with van der Waals surface area (Å²) >= 11 is 1.37. The number of nitrogens with two attached hydrogens (primary N) is 1. The quantitative estimate of drug-likeness (QED) is 0.583. The lowest BCUT2D eigenvalue weighted by molar-refractivity contribution is 0.161. The van der Waals surface area contributed by atoms with Gasteiger partial charge in [-0.3, -0.25) is 0 Å². The number of hydrogen-bond donors (Lipinski definition) is 2. The maximum atomic E-state index is 13.3. The van der Waals surface area contributed by atoms with Gasteiger partial charge < -0.3 is 5.73 Å². The molecule has 3 aliphatic rings. The van der Waals surface area contributed by atoms with E-state index >= 15 is 0 Å². The van der Waals surface area contributed by atoms with Gasteiger partial charge in [-0.1, -0.05) is 6.07 Å². The fourth-order valence-electron chi connectivity index (χ4n) is 4.76. The largest absolute Gasteiger partial charge is 0.382 e. The molecule has 0 saturated heterocycles. The summed E-state index contributed by atoms with van der Waals surface area (Å²) in [4.78, 5) is 13.5. The maximum Gasteiger partial charge on any atom is 0.241 e. The summed E-state index contributed by atoms with van der Waals surface area (Å²) < 4.78 is 53.3. The zero-order valence-electron chi connectivity index (χ0n) is 20.2. The molecular weight excluding hydrogens is 444 g/mol. The molecular formula is C22H22N6O2S2. The Morgan fingerprint density at radius 1 is 1.28 bits per heavy atom. The summed E-state index contributed by atoms with van der Waals surface area (Å²) in [5.41, 5.74) is 5.58. The second-order valence-electron chi connectivity index (χ2n) is 8.57. The molecule has 0 unspecified atom stereocenters. The molecule has 32 heavy (non-hydrogen) atoms. The Morgan fingerprint density at radius 2 is 2.09 bits per heavy atom. The number of sulfonamides is 1. The molecule has 2 aromatic heterocycles. The number of nitrogens with zero attached hydrogens (tertiary/aromatic N) is 4. The molecule has 3 aromatic rings. The van der Waals surface area contributed by atoms with Gasteiger partial charge in [0.05, 0.1) is 38.2 Å². The summed E-state index contributed by atoms with van der Waals surface area (Å²) in [5.74, 6) is 0.157. The minimum atomic E-state index is -3.98. The van der Waals surface area contributed by atoms with Crippen LogP contribution in [0, 0.1) is 30.5 Å². The van der Waals surface area contributed by atoms with Gasteiger partial charge in [-0.15, -0.1) is 11.3 Å². The van der Waals surface area contributed by atoms with Crippen LogP contribution in [0.4, 0.5) is 5.82 Å². The number of thiazole rings is 1. The molecule has 0 radical (unpaired) electrons. The molecule has 6 rings (SSSR count). The molecule has 1 aromatic carbocycles. The van der Waals surface area contributed by atoms with Gasteiger partial charge >= 0.3 is 0 Å². The Kier molecular flexibility index (Phi) is 3.90. The van der Waals surface area contributed by atoms with E-state index in [4.69, 9.17) is 9.85 Å². The average molecular weight is 470 g/mol. The number of nitrogens with one attached hydrogen (secondary N) is 1. The molecule has 8 nitrogen and oxygen atoms in total. The van der Waals surface area contributed by atoms with Crippen LogP contribution in [0.5, 0.6) is 0 Å². The predicted octanol–water partition coefficient (Wildman–Crippen LogP) is 3.58. The summed E-state index contributed by atoms with van der Waals surface area (Å²) in [7, 11) is -3.98. The van der Waals surface area contributed by atoms with Crippen molar-refractivity contribution in [1.82, 2.24) is 19.7 Å². The Morgan fingerprint density at radius 3 is 2.75 bits per heavy atom. The summed E-state index contributed by atoms with van der Waals surface area (Å²) in [6.07, 6.45) is 5.18. The lowest BCUT2D eigenvalue weighted by Crippen LogP contribution is -2.55. The second-order valence-corrected chi connectivity index (χ2v) is 11.5. The van der Waals surface area contributed by atoms with Crippen molar-refractivity contribution in [2.75, 3.05) is 5.73 Å². The lowest BCUT2D eigenvalue weighted by atomic mass is 9.66. The number of anilines is 1. The first-order chi connectivity index (χ1) is 16.4. The summed E-state index contributed by atoms with van der Waals surface area (Å²) in [6.45, 7) is -0.678. The van der Waals surface area contributed by atoms with Gasteiger partial charge in [-0.05, 0) is 57.2 Å². The highest BCUT2D eigenvalue weighted by atomic mass is 32.2. The zero-order chi connectivity index (χ0) is 25.2. The predicted molar refractivity (Wildman–Crippen MR) is 122 cm³/mol. The third kappa shape index (κ3) is 3.37. The monoisotopic (exact) mass is 469 g/mol. The number of benzene rings is 1. The molecule has 3 N–H and O–H groups in total. The van der Waals surface area contributed by atoms with Crippen LogP contribution in [0.1, 0.15) is 40.4 Å². The number of nitrogen functional groups attached to an aromatic ring is 1. The van der Waals surface area contributed by atoms with Crippen molar-refractivity contribution in [3.63, 3.8) is 0 Å². The number of aryl methyl sites for hydroxylation is 2. The van der Waals surface area contributed by atoms with E-state index in [2.05, 4.69) is 25.7 Å². The van der Waals surface area contributed by atoms with Gasteiger partial charge in [0.2, 0.25) is 10.0 Å². The van der Waals surface area contributed by atoms with Crippen molar-refractivity contribution in [2.24, 2.45) is 5.41 Å². The smallest absolute Gasteiger partial charge is 0.241 e. The minimum Gasteiger partial charge on any atom is -0.382 e. The van der Waals surface area contributed by atoms with E-state index in [0.717, 1.165) is 5.01 Å². The fourth-order valence-corrected chi connectivity index (χ4v) is 6.99. The highest BCUT2D eigenvalue weighted by Crippen LogP contribution is 2.61. The first kappa shape index (κ1) is 17.7. The van der Waals surface area contributed by atoms with Crippen molar-refractivity contribution in [2.45, 2.75) is 49.9 Å². The molecule has 0 spiro atoms. The van der Waals surface area contributed by atoms with Gasteiger partial charge in [0.25, 0.3) is 0 Å². The third-order valence-electron chi connectivity index (χ3n) is 6.26. The Labute approximate surface area is 194 Å². The van der Waals surface area contributed by atoms with Crippen LogP contribution in [-0.4, -0.2) is 28.9 Å². The van der Waals surface area contributed by atoms with Crippen molar-refractivity contribution in [1.29, 1.82) is 5.26 Å². The lowest BCUT2D eigenvalue weighted by Gasteiger charge is -2.43. The summed E-state index contributed by atoms with van der Waals surface area (Å²) in [5, 5.41) is 10.2. The van der Waals surface area contributed by atoms with Gasteiger partial charge in [-0.25, -0.2) is 28.1 Å². The van der Waals surface area contributed by atoms with E-state index in [1.807, 2.05) is 6.92 Å². The first-order valence-electron chi connectivity index (χ1n) is 11.5. The van der Waals surface area contributed by atoms with Crippen molar-refractivity contribution in [3.05, 3.63) is 41.2 Å². The first-order valence-corrected chi connectivity index (χ1v) is 12.3. The standard InChI is InChI=1S/C22H22N6O2S2/c1-13-3-4-15(32(29,30)28-22-6-5-21(10-22,11-22)12-23)7-16(13)17-8-26-20(24)19(27-17)18-9-25-14(2)31-18/h3-4,7-9,28H,5-6,10-11H2,1-2H3,(H2,24,26)/i1D3. The van der Waals surface area contributed by atoms with Crippen LogP contribution >= 0.6 is 11.3 Å². The fraction of sp³-hybridized carbons (Fsp3) is 0.364. The molecule has 2 bridgehead atoms. The van der Waals surface area contributed by atoms with Gasteiger partial charge in [0.1, 0.15) is 5.69 Å². The Hall–Kier alpha value is -2.87. The normalized spacial score (nSPS) is 25.9. The van der Waals surface area contributed by atoms with Crippen molar-refractivity contribution in [3.8, 4) is 27.9 Å². The molecule has 3 fully saturated rings. The number of hydrogen-bond acceptors (Lipinski definition) is 8. The number of aromatic nitrogens is 3. The Balaban J connectivity index is 1.57. The molecule has 164 valence electrons. The Bertz CT molecular complexity index is 1490. The van der Waals surface area contributed by atoms with E-state index in [1.165, 1.54) is 35.7 Å². The van der Waals surface area contributed by atoms with E-state index < -0.39 is 27.8 Å². The van der Waals surface area contributed by atoms with E-state index in [1.54, 1.807) is 6.20 Å². The molecule has 0 atom stereocenters. The molecule has 2 heterocycles. The molecule has 0 aliphatic heterocycles. The van der Waals surface area contributed by atoms with Crippen LogP contribution in [0.3, 0.4) is 0 Å². The van der Waals surface area contributed by atoms with Crippen LogP contribution < -0.4 is 10.5 Å². The molecule has 3 aliphatic carbocycles. The molecule has 10 heteroatoms. The second kappa shape index (κ2) is 7.07. The van der Waals surface area contributed by atoms with Gasteiger partial charge in [0, 0.05) is 21.4 Å². The van der Waals surface area contributed by atoms with Crippen LogP contribution in [0.15, 0.2) is 35.5 Å². The van der Waals surface area contributed by atoms with E-state index in [-0.39, 0.29) is 27.5 Å². The van der Waals surface area contributed by atoms with Crippen LogP contribution in [0.25, 0.3) is 21.8 Å². The van der Waals surface area contributed by atoms with E-state index in [0.29, 0.717) is 36.3 Å². The van der Waals surface area contributed by atoms with Crippen molar-refractivity contribution >= 4 is 27.2 Å². The zero-order valence-corrected chi connectivity index (χ0v) is 18.8. The third-order valence-corrected chi connectivity index (χ3v) is 8.75. The number of nitriles is 1. The SMILES string of the molecule is [2H]C([2H])([2H])c1ccc(S(=O)(=O)NC23CCC(C#N)(C2)C3)cc1-c1cnc(N)c(-c2cnc(C)s2)n1. The summed E-state index contributed by atoms with van der Waals surface area (Å²) in [6, 6.07) is 6.20. The number of fused-ring (bicyclic) bond motifs is 1. The van der Waals surface area contributed by atoms with Crippen molar-refractivity contribution < 1.29 is 12.5 Å². The average Bonchev–Trinajstić information content (AvgIpc) is 3.46. The maximum absolute atomic E-state index is 13.3. The van der Waals surface area contributed by atoms with E-state index in [9.17, 15) is 13.7 Å². The molecule has 3 saturated carbocycles. The van der Waals surface area contributed by atoms with Crippen LogP contribution in [0.2, 0.25) is 0 Å². The van der Waals surface area contributed by atoms with Gasteiger partial charge in [-0.2, -0.15) is 5.26 Å². The van der Waals surface area contributed by atoms with Gasteiger partial charge in [0.15, 0.2) is 5.82 Å². The topological polar surface area (TPSA) is 135 Å². The highest BCUT2D eigenvalue weighted by Gasteiger charge is 2.62.